The van der Waals surface area contributed by atoms with Crippen LogP contribution in [0.15, 0.2) is 156 Å². The van der Waals surface area contributed by atoms with E-state index in [1.54, 1.807) is 48.5 Å². The van der Waals surface area contributed by atoms with Crippen molar-refractivity contribution in [2.24, 2.45) is 0 Å². The molecule has 3 N–H and O–H groups in total. The van der Waals surface area contributed by atoms with Crippen LogP contribution in [0, 0.1) is 34.9 Å². The number of carbonyl (C=O) groups is 6. The molecule has 0 heterocycles. The Kier molecular flexibility index (Phi) is 24.2. The number of benzene rings is 7. The monoisotopic (exact) mass is 1220 g/mol. The Balaban J connectivity index is 0.000000231. The Labute approximate surface area is 479 Å². The van der Waals surface area contributed by atoms with Crippen molar-refractivity contribution >= 4 is 62.6 Å². The highest BCUT2D eigenvalue weighted by Gasteiger charge is 2.31. The van der Waals surface area contributed by atoms with Gasteiger partial charge in [0.15, 0.2) is 17.3 Å². The van der Waals surface area contributed by atoms with E-state index in [0.29, 0.717) is 21.7 Å². The Hall–Kier alpha value is -8.10. The number of nitrogens with one attached hydrogen (secondary N) is 3. The van der Waals surface area contributed by atoms with Crippen molar-refractivity contribution in [1.29, 1.82) is 0 Å². The first-order chi connectivity index (χ1) is 38.8. The zero-order valence-corrected chi connectivity index (χ0v) is 46.3. The Morgan fingerprint density at radius 3 is 0.988 bits per heavy atom. The van der Waals surface area contributed by atoms with Crippen LogP contribution < -0.4 is 20.7 Å². The highest BCUT2D eigenvalue weighted by atomic mass is 79.9. The Morgan fingerprint density at radius 1 is 0.439 bits per heavy atom. The summed E-state index contributed by atoms with van der Waals surface area (Å²) in [5.74, 6) is -8.60. The summed E-state index contributed by atoms with van der Waals surface area (Å²) >= 11 is 9.17. The molecule has 0 aliphatic carbocycles. The van der Waals surface area contributed by atoms with Crippen molar-refractivity contribution < 1.29 is 73.0 Å². The summed E-state index contributed by atoms with van der Waals surface area (Å²) in [6.07, 6.45) is -4.60. The van der Waals surface area contributed by atoms with E-state index in [-0.39, 0.29) is 62.0 Å². The molecule has 0 fully saturated rings. The molecule has 7 rings (SSSR count). The van der Waals surface area contributed by atoms with Gasteiger partial charge in [0.2, 0.25) is 17.7 Å². The molecule has 82 heavy (non-hydrogen) atoms. The van der Waals surface area contributed by atoms with Crippen LogP contribution in [0.1, 0.15) is 125 Å². The largest absolute Gasteiger partial charge is 0.573 e. The highest BCUT2D eigenvalue weighted by Crippen LogP contribution is 2.30. The molecule has 0 saturated heterocycles. The van der Waals surface area contributed by atoms with Crippen LogP contribution in [-0.2, 0) is 14.4 Å². The minimum absolute atomic E-state index is 0.0845. The third-order valence-electron chi connectivity index (χ3n) is 12.1. The number of alkyl halides is 3. The molecule has 430 valence electrons. The van der Waals surface area contributed by atoms with Crippen molar-refractivity contribution in [1.82, 2.24) is 16.0 Å². The normalized spacial score (nSPS) is 12.0. The van der Waals surface area contributed by atoms with E-state index in [0.717, 1.165) is 52.0 Å². The van der Waals surface area contributed by atoms with E-state index < -0.39 is 93.4 Å². The van der Waals surface area contributed by atoms with Gasteiger partial charge in [-0.2, -0.15) is 0 Å². The lowest BCUT2D eigenvalue weighted by molar-refractivity contribution is -0.274. The lowest BCUT2D eigenvalue weighted by Gasteiger charge is -2.19. The molecule has 7 aromatic carbocycles. The van der Waals surface area contributed by atoms with Gasteiger partial charge < -0.3 is 20.7 Å². The van der Waals surface area contributed by atoms with Gasteiger partial charge in [0.05, 0.1) is 34.8 Å². The summed E-state index contributed by atoms with van der Waals surface area (Å²) < 4.78 is 124. The van der Waals surface area contributed by atoms with Gasteiger partial charge in [-0.25, -0.2) is 26.3 Å². The fraction of sp³-hybridized carbons (Fsp3) is 0.213. The van der Waals surface area contributed by atoms with Gasteiger partial charge in [-0.15, -0.1) is 13.2 Å². The SMILES string of the molecule is CC(=O)NC(CCC(=O)c1c(F)cccc1F)c1ccc(-c2ccc(OC(F)(F)F)cc2)cc1.CC(=O)NC(CCC(=O)c1c(F)cccc1F)c1ccc(Br)cc1.CC(=O)NC(CCC(=O)c1c(F)cccc1F)c1ccc(Cl)cc1. The van der Waals surface area contributed by atoms with Crippen LogP contribution in [0.25, 0.3) is 11.1 Å². The molecule has 7 aromatic rings. The van der Waals surface area contributed by atoms with Crippen molar-refractivity contribution in [3.05, 3.63) is 229 Å². The van der Waals surface area contributed by atoms with Gasteiger partial charge in [0.25, 0.3) is 0 Å². The maximum absolute atomic E-state index is 13.9. The molecule has 0 aliphatic rings. The fourth-order valence-electron chi connectivity index (χ4n) is 8.34. The van der Waals surface area contributed by atoms with Crippen molar-refractivity contribution in [3.63, 3.8) is 0 Å². The summed E-state index contributed by atoms with van der Waals surface area (Å²) in [4.78, 5) is 71.1. The standard InChI is InChI=1S/C25H20F5NO3.C18H16BrF2NO2.C18H16ClF2NO2/c1-15(32)31-22(13-14-23(33)24-20(26)3-2-4-21(24)27)18-7-5-16(6-8-18)17-9-11-19(12-10-17)34-25(28,29)30;2*1-11(23)22-16(12-5-7-13(19)8-6-12)9-10-17(24)18-14(20)3-2-4-15(18)21/h2-12,22H,13-14H2,1H3,(H,31,32);2*2-8,16H,9-10H2,1H3,(H,22,23). The van der Waals surface area contributed by atoms with Gasteiger partial charge in [0.1, 0.15) is 40.7 Å². The van der Waals surface area contributed by atoms with Gasteiger partial charge in [-0.3, -0.25) is 28.8 Å². The lowest BCUT2D eigenvalue weighted by Crippen LogP contribution is -2.26. The summed E-state index contributed by atoms with van der Waals surface area (Å²) in [6, 6.07) is 34.6. The molecular formula is C61H52BrClF9N3O7. The lowest BCUT2D eigenvalue weighted by atomic mass is 9.95. The van der Waals surface area contributed by atoms with E-state index in [9.17, 15) is 68.3 Å². The molecule has 0 aromatic heterocycles. The molecule has 0 bridgehead atoms. The Morgan fingerprint density at radius 2 is 0.707 bits per heavy atom. The van der Waals surface area contributed by atoms with Crippen molar-refractivity contribution in [2.75, 3.05) is 0 Å². The smallest absolute Gasteiger partial charge is 0.406 e. The number of carbonyl (C=O) groups excluding carboxylic acids is 6. The van der Waals surface area contributed by atoms with Crippen molar-refractivity contribution in [3.8, 4) is 16.9 Å². The number of ether oxygens (including phenoxy) is 1. The van der Waals surface area contributed by atoms with Crippen LogP contribution in [0.2, 0.25) is 5.02 Å². The summed E-state index contributed by atoms with van der Waals surface area (Å²) in [7, 11) is 0. The molecular weight excluding hydrogens is 1170 g/mol. The van der Waals surface area contributed by atoms with Gasteiger partial charge in [0, 0.05) is 49.5 Å². The molecule has 21 heteroatoms. The van der Waals surface area contributed by atoms with Gasteiger partial charge in [-0.05, 0) is 120 Å². The number of rotatable bonds is 20. The zero-order chi connectivity index (χ0) is 60.3. The van der Waals surface area contributed by atoms with Crippen LogP contribution >= 0.6 is 27.5 Å². The van der Waals surface area contributed by atoms with Crippen molar-refractivity contribution in [2.45, 2.75) is 83.8 Å². The third kappa shape index (κ3) is 20.2. The number of Topliss-reactive ketones (excluding diaryl/α,β-unsaturated/α-hetero) is 3. The first-order valence-corrected chi connectivity index (χ1v) is 26.2. The predicted molar refractivity (Wildman–Crippen MR) is 294 cm³/mol. The maximum Gasteiger partial charge on any atom is 0.573 e. The van der Waals surface area contributed by atoms with E-state index in [1.807, 2.05) is 24.3 Å². The average Bonchev–Trinajstić information content (AvgIpc) is 3.43. The van der Waals surface area contributed by atoms with Crippen LogP contribution in [0.5, 0.6) is 5.75 Å². The maximum atomic E-state index is 13.9. The molecule has 10 nitrogen and oxygen atoms in total. The summed E-state index contributed by atoms with van der Waals surface area (Å²) in [5, 5.41) is 8.75. The molecule has 0 radical (unpaired) electrons. The molecule has 3 atom stereocenters. The zero-order valence-electron chi connectivity index (χ0n) is 43.9. The molecule has 0 spiro atoms. The molecule has 3 amide bonds. The van der Waals surface area contributed by atoms with Crippen LogP contribution in [0.4, 0.5) is 39.5 Å². The predicted octanol–water partition coefficient (Wildman–Crippen LogP) is 15.4. The Bertz CT molecular complexity index is 3160. The molecule has 3 unspecified atom stereocenters. The van der Waals surface area contributed by atoms with Gasteiger partial charge in [-0.1, -0.05) is 106 Å². The minimum atomic E-state index is -4.78. The molecule has 0 saturated carbocycles. The quantitative estimate of drug-likeness (QED) is 0.0508. The fourth-order valence-corrected chi connectivity index (χ4v) is 8.73. The number of ketones is 3. The van der Waals surface area contributed by atoms with Crippen LogP contribution in [-0.4, -0.2) is 41.4 Å². The summed E-state index contributed by atoms with van der Waals surface area (Å²) in [5.41, 5.74) is 1.88. The summed E-state index contributed by atoms with van der Waals surface area (Å²) in [6.45, 7) is 4.05. The second-order valence-corrected chi connectivity index (χ2v) is 19.6. The third-order valence-corrected chi connectivity index (χ3v) is 12.9. The second-order valence-electron chi connectivity index (χ2n) is 18.2. The number of halogens is 11. The van der Waals surface area contributed by atoms with E-state index in [1.165, 1.54) is 63.2 Å². The topological polar surface area (TPSA) is 148 Å². The van der Waals surface area contributed by atoms with E-state index in [2.05, 4.69) is 36.6 Å². The minimum Gasteiger partial charge on any atom is -0.406 e. The second kappa shape index (κ2) is 30.6. The average molecular weight is 1230 g/mol. The number of amides is 3. The highest BCUT2D eigenvalue weighted by molar-refractivity contribution is 9.10. The first kappa shape index (κ1) is 64.7. The first-order valence-electron chi connectivity index (χ1n) is 25.0. The molecule has 0 aliphatic heterocycles. The number of hydrogen-bond donors (Lipinski definition) is 3. The number of hydrogen-bond acceptors (Lipinski definition) is 7. The van der Waals surface area contributed by atoms with E-state index >= 15 is 0 Å². The van der Waals surface area contributed by atoms with E-state index in [4.69, 9.17) is 11.6 Å². The van der Waals surface area contributed by atoms with Crippen LogP contribution in [0.3, 0.4) is 0 Å². The van der Waals surface area contributed by atoms with Gasteiger partial charge >= 0.3 is 6.36 Å².